The van der Waals surface area contributed by atoms with E-state index in [1.807, 2.05) is 32.9 Å². The number of aryl methyl sites for hydroxylation is 1. The van der Waals surface area contributed by atoms with Gasteiger partial charge >= 0.3 is 0 Å². The molecular formula is C31H26N6O7. The lowest BCUT2D eigenvalue weighted by Crippen LogP contribution is -2.21. The van der Waals surface area contributed by atoms with Crippen LogP contribution in [0.1, 0.15) is 36.5 Å². The summed E-state index contributed by atoms with van der Waals surface area (Å²) in [6, 6.07) is 17.0. The van der Waals surface area contributed by atoms with Gasteiger partial charge in [-0.3, -0.25) is 25.0 Å². The molecule has 13 nitrogen and oxygen atoms in total. The quantitative estimate of drug-likeness (QED) is 0.107. The standard InChI is InChI=1S/C31H26N6O7/c1-18(2)24-15-25(19(3)13-28(24)43-4)30-34-26-8-6-5-7-23(26)31(38)35(30)33-16-20-14-21(36(39)40)9-11-27(20)44-29-12-10-22(17-32-29)37(41)42/h5-18H,1-4H3. The minimum Gasteiger partial charge on any atom is -0.496 e. The van der Waals surface area contributed by atoms with Crippen molar-refractivity contribution < 1.29 is 19.3 Å². The largest absolute Gasteiger partial charge is 0.496 e. The number of methoxy groups -OCH3 is 1. The highest BCUT2D eigenvalue weighted by Crippen LogP contribution is 2.34. The first-order chi connectivity index (χ1) is 21.1. The molecule has 2 heterocycles. The number of benzene rings is 3. The van der Waals surface area contributed by atoms with E-state index in [9.17, 15) is 25.0 Å². The fraction of sp³-hybridized carbons (Fsp3) is 0.161. The molecule has 0 bridgehead atoms. The molecule has 0 aliphatic heterocycles. The summed E-state index contributed by atoms with van der Waals surface area (Å²) in [4.78, 5) is 44.0. The van der Waals surface area contributed by atoms with Crippen molar-refractivity contribution in [2.45, 2.75) is 26.7 Å². The van der Waals surface area contributed by atoms with Gasteiger partial charge in [0.05, 0.1) is 34.1 Å². The Morgan fingerprint density at radius 3 is 2.34 bits per heavy atom. The van der Waals surface area contributed by atoms with Gasteiger partial charge in [0.25, 0.3) is 16.9 Å². The molecule has 13 heteroatoms. The summed E-state index contributed by atoms with van der Waals surface area (Å²) in [6.45, 7) is 5.93. The van der Waals surface area contributed by atoms with Gasteiger partial charge in [-0.2, -0.15) is 9.78 Å². The molecule has 0 amide bonds. The van der Waals surface area contributed by atoms with E-state index in [0.29, 0.717) is 22.2 Å². The predicted octanol–water partition coefficient (Wildman–Crippen LogP) is 6.39. The Balaban J connectivity index is 1.68. The number of ether oxygens (including phenoxy) is 2. The van der Waals surface area contributed by atoms with Crippen LogP contribution < -0.4 is 15.0 Å². The fourth-order valence-corrected chi connectivity index (χ4v) is 4.59. The third-order valence-electron chi connectivity index (χ3n) is 6.86. The van der Waals surface area contributed by atoms with Crippen LogP contribution in [-0.4, -0.2) is 37.8 Å². The second-order valence-corrected chi connectivity index (χ2v) is 10.1. The molecule has 5 aromatic rings. The molecule has 0 fully saturated rings. The number of fused-ring (bicyclic) bond motifs is 1. The number of rotatable bonds is 9. The van der Waals surface area contributed by atoms with Crippen molar-refractivity contribution in [2.75, 3.05) is 7.11 Å². The minimum atomic E-state index is -0.595. The van der Waals surface area contributed by atoms with Crippen LogP contribution in [0, 0.1) is 27.2 Å². The molecule has 5 rings (SSSR count). The Hall–Kier alpha value is -5.98. The summed E-state index contributed by atoms with van der Waals surface area (Å²) in [7, 11) is 1.60. The van der Waals surface area contributed by atoms with E-state index in [2.05, 4.69) is 10.1 Å². The molecule has 0 aliphatic rings. The Labute approximate surface area is 250 Å². The average molecular weight is 595 g/mol. The van der Waals surface area contributed by atoms with E-state index in [1.54, 1.807) is 31.4 Å². The number of para-hydroxylation sites is 1. The van der Waals surface area contributed by atoms with Crippen molar-refractivity contribution in [3.8, 4) is 28.8 Å². The number of non-ortho nitro benzene ring substituents is 1. The number of nitro groups is 2. The number of nitrogens with zero attached hydrogens (tertiary/aromatic N) is 6. The molecule has 0 unspecified atom stereocenters. The number of aromatic nitrogens is 3. The Morgan fingerprint density at radius 1 is 0.955 bits per heavy atom. The van der Waals surface area contributed by atoms with E-state index < -0.39 is 15.4 Å². The number of pyridine rings is 1. The lowest BCUT2D eigenvalue weighted by atomic mass is 9.96. The van der Waals surface area contributed by atoms with Crippen LogP contribution >= 0.6 is 0 Å². The molecule has 0 spiro atoms. The highest BCUT2D eigenvalue weighted by atomic mass is 16.6. The Morgan fingerprint density at radius 2 is 1.68 bits per heavy atom. The van der Waals surface area contributed by atoms with Crippen LogP contribution in [-0.2, 0) is 0 Å². The van der Waals surface area contributed by atoms with Crippen LogP contribution in [0.15, 0.2) is 82.8 Å². The molecule has 2 aromatic heterocycles. The highest BCUT2D eigenvalue weighted by Gasteiger charge is 2.19. The summed E-state index contributed by atoms with van der Waals surface area (Å²) in [5, 5.41) is 27.4. The molecule has 3 aromatic carbocycles. The first kappa shape index (κ1) is 29.5. The third-order valence-corrected chi connectivity index (χ3v) is 6.86. The van der Waals surface area contributed by atoms with Gasteiger partial charge in [-0.1, -0.05) is 26.0 Å². The first-order valence-corrected chi connectivity index (χ1v) is 13.4. The molecular weight excluding hydrogens is 568 g/mol. The SMILES string of the molecule is COc1cc(C)c(-c2nc3ccccc3c(=O)n2N=Cc2cc([N+](=O)[O-])ccc2Oc2ccc([N+](=O)[O-])cn2)cc1C(C)C. The monoisotopic (exact) mass is 594 g/mol. The second kappa shape index (κ2) is 12.1. The number of hydrogen-bond acceptors (Lipinski definition) is 10. The number of hydrogen-bond donors (Lipinski definition) is 0. The van der Waals surface area contributed by atoms with E-state index in [1.165, 1.54) is 36.5 Å². The maximum atomic E-state index is 13.8. The van der Waals surface area contributed by atoms with Crippen molar-refractivity contribution in [3.05, 3.63) is 120 Å². The van der Waals surface area contributed by atoms with Crippen molar-refractivity contribution in [2.24, 2.45) is 5.10 Å². The fourth-order valence-electron chi connectivity index (χ4n) is 4.59. The normalized spacial score (nSPS) is 11.3. The summed E-state index contributed by atoms with van der Waals surface area (Å²) < 4.78 is 12.5. The van der Waals surface area contributed by atoms with E-state index in [4.69, 9.17) is 14.5 Å². The van der Waals surface area contributed by atoms with Gasteiger partial charge in [-0.15, -0.1) is 0 Å². The summed E-state index contributed by atoms with van der Waals surface area (Å²) in [6.07, 6.45) is 2.29. The Bertz CT molecular complexity index is 2000. The van der Waals surface area contributed by atoms with Crippen molar-refractivity contribution >= 4 is 28.5 Å². The first-order valence-electron chi connectivity index (χ1n) is 13.4. The van der Waals surface area contributed by atoms with Crippen LogP contribution in [0.25, 0.3) is 22.3 Å². The molecule has 0 N–H and O–H groups in total. The van der Waals surface area contributed by atoms with Gasteiger partial charge in [-0.05, 0) is 54.3 Å². The molecule has 0 radical (unpaired) electrons. The Kier molecular flexibility index (Phi) is 8.11. The molecule has 0 saturated heterocycles. The van der Waals surface area contributed by atoms with Crippen LogP contribution in [0.3, 0.4) is 0 Å². The summed E-state index contributed by atoms with van der Waals surface area (Å²) >= 11 is 0. The molecule has 44 heavy (non-hydrogen) atoms. The topological polar surface area (TPSA) is 165 Å². The minimum absolute atomic E-state index is 0.0133. The van der Waals surface area contributed by atoms with Gasteiger partial charge in [0.1, 0.15) is 17.7 Å². The van der Waals surface area contributed by atoms with Gasteiger partial charge in [0, 0.05) is 35.4 Å². The van der Waals surface area contributed by atoms with Crippen molar-refractivity contribution in [3.63, 3.8) is 0 Å². The molecule has 0 saturated carbocycles. The zero-order valence-corrected chi connectivity index (χ0v) is 24.1. The zero-order valence-electron chi connectivity index (χ0n) is 24.1. The predicted molar refractivity (Wildman–Crippen MR) is 164 cm³/mol. The lowest BCUT2D eigenvalue weighted by molar-refractivity contribution is -0.385. The van der Waals surface area contributed by atoms with Gasteiger partial charge < -0.3 is 9.47 Å². The maximum absolute atomic E-state index is 13.8. The zero-order chi connectivity index (χ0) is 31.5. The van der Waals surface area contributed by atoms with Gasteiger partial charge in [-0.25, -0.2) is 9.97 Å². The summed E-state index contributed by atoms with van der Waals surface area (Å²) in [5.41, 5.74) is 2.06. The number of nitro benzene ring substituents is 1. The summed E-state index contributed by atoms with van der Waals surface area (Å²) in [5.74, 6) is 1.20. The van der Waals surface area contributed by atoms with Crippen molar-refractivity contribution in [1.29, 1.82) is 0 Å². The van der Waals surface area contributed by atoms with E-state index in [0.717, 1.165) is 22.0 Å². The maximum Gasteiger partial charge on any atom is 0.287 e. The second-order valence-electron chi connectivity index (χ2n) is 10.1. The smallest absolute Gasteiger partial charge is 0.287 e. The van der Waals surface area contributed by atoms with E-state index >= 15 is 0 Å². The molecule has 0 aliphatic carbocycles. The lowest BCUT2D eigenvalue weighted by Gasteiger charge is -2.17. The third kappa shape index (κ3) is 5.83. The van der Waals surface area contributed by atoms with Crippen LogP contribution in [0.5, 0.6) is 17.4 Å². The van der Waals surface area contributed by atoms with Gasteiger partial charge in [0.15, 0.2) is 5.82 Å². The van der Waals surface area contributed by atoms with Crippen LogP contribution in [0.4, 0.5) is 11.4 Å². The van der Waals surface area contributed by atoms with Gasteiger partial charge in [0.2, 0.25) is 5.88 Å². The van der Waals surface area contributed by atoms with Crippen LogP contribution in [0.2, 0.25) is 0 Å². The average Bonchev–Trinajstić information content (AvgIpc) is 3.01. The molecule has 0 atom stereocenters. The highest BCUT2D eigenvalue weighted by molar-refractivity contribution is 5.86. The molecule has 222 valence electrons. The van der Waals surface area contributed by atoms with Crippen molar-refractivity contribution in [1.82, 2.24) is 14.6 Å². The van der Waals surface area contributed by atoms with E-state index in [-0.39, 0.29) is 40.3 Å².